The number of nitrogens with two attached hydrogens (primary N) is 1. The van der Waals surface area contributed by atoms with Gasteiger partial charge in [0, 0.05) is 5.69 Å². The normalized spacial score (nSPS) is 9.83. The van der Waals surface area contributed by atoms with E-state index in [1.165, 1.54) is 16.7 Å². The molecule has 0 spiro atoms. The first-order valence-electron chi connectivity index (χ1n) is 4.11. The van der Waals surface area contributed by atoms with E-state index in [1.807, 2.05) is 12.1 Å². The van der Waals surface area contributed by atoms with Crippen LogP contribution in [-0.4, -0.2) is 0 Å². The van der Waals surface area contributed by atoms with Crippen LogP contribution in [0.3, 0.4) is 0 Å². The molecule has 12 heavy (non-hydrogen) atoms. The van der Waals surface area contributed by atoms with Gasteiger partial charge in [-0.15, -0.1) is 6.58 Å². The second-order valence-electron chi connectivity index (χ2n) is 3.14. The highest BCUT2D eigenvalue weighted by Gasteiger charge is 2.01. The summed E-state index contributed by atoms with van der Waals surface area (Å²) in [7, 11) is 0. The fourth-order valence-electron chi connectivity index (χ4n) is 1.45. The molecule has 0 aliphatic heterocycles. The highest BCUT2D eigenvalue weighted by Crippen LogP contribution is 2.19. The number of nitrogen functional groups attached to an aromatic ring is 1. The van der Waals surface area contributed by atoms with Gasteiger partial charge in [-0.05, 0) is 43.0 Å². The number of hydrogen-bond acceptors (Lipinski definition) is 1. The second kappa shape index (κ2) is 3.44. The van der Waals surface area contributed by atoms with Gasteiger partial charge in [-0.1, -0.05) is 12.1 Å². The molecule has 0 bridgehead atoms. The molecule has 2 N–H and O–H groups in total. The summed E-state index contributed by atoms with van der Waals surface area (Å²) in [6.45, 7) is 7.85. The quantitative estimate of drug-likeness (QED) is 0.523. The lowest BCUT2D eigenvalue weighted by Gasteiger charge is -2.08. The first kappa shape index (κ1) is 8.85. The first-order valence-corrected chi connectivity index (χ1v) is 4.11. The average molecular weight is 161 g/mol. The Morgan fingerprint density at radius 2 is 2.08 bits per heavy atom. The number of benzene rings is 1. The molecule has 1 aromatic carbocycles. The first-order chi connectivity index (χ1) is 5.65. The number of hydrogen-bond donors (Lipinski definition) is 1. The Balaban J connectivity index is 3.18. The van der Waals surface area contributed by atoms with Crippen molar-refractivity contribution in [3.05, 3.63) is 41.5 Å². The smallest absolute Gasteiger partial charge is 0.0355 e. The third kappa shape index (κ3) is 1.67. The maximum absolute atomic E-state index is 5.86. The molecule has 0 saturated heterocycles. The molecule has 1 heteroatoms. The molecule has 64 valence electrons. The van der Waals surface area contributed by atoms with Crippen LogP contribution in [0.4, 0.5) is 5.69 Å². The molecule has 0 radical (unpaired) electrons. The highest BCUT2D eigenvalue weighted by atomic mass is 14.6. The molecule has 0 amide bonds. The number of aryl methyl sites for hydroxylation is 2. The summed E-state index contributed by atoms with van der Waals surface area (Å²) in [5.41, 5.74) is 10.4. The van der Waals surface area contributed by atoms with Gasteiger partial charge in [-0.2, -0.15) is 0 Å². The van der Waals surface area contributed by atoms with Crippen molar-refractivity contribution in [2.24, 2.45) is 0 Å². The monoisotopic (exact) mass is 161 g/mol. The van der Waals surface area contributed by atoms with Crippen LogP contribution in [0.2, 0.25) is 0 Å². The fourth-order valence-corrected chi connectivity index (χ4v) is 1.45. The number of anilines is 1. The van der Waals surface area contributed by atoms with Gasteiger partial charge in [0.05, 0.1) is 0 Å². The lowest BCUT2D eigenvalue weighted by atomic mass is 10.0. The molecular formula is C11H15N. The van der Waals surface area contributed by atoms with Crippen LogP contribution in [0.1, 0.15) is 16.7 Å². The van der Waals surface area contributed by atoms with Crippen LogP contribution in [0, 0.1) is 13.8 Å². The molecule has 0 aromatic heterocycles. The Labute approximate surface area is 73.9 Å². The van der Waals surface area contributed by atoms with Gasteiger partial charge in [0.1, 0.15) is 0 Å². The molecule has 0 saturated carbocycles. The standard InChI is InChI=1S/C11H15N/c1-4-5-10-9(3)6-8(2)7-11(10)12/h4,6-7H,1,5,12H2,2-3H3. The van der Waals surface area contributed by atoms with E-state index in [-0.39, 0.29) is 0 Å². The van der Waals surface area contributed by atoms with Crippen LogP contribution in [0.15, 0.2) is 24.8 Å². The molecule has 0 aliphatic rings. The zero-order valence-electron chi connectivity index (χ0n) is 7.72. The Morgan fingerprint density at radius 3 is 2.58 bits per heavy atom. The van der Waals surface area contributed by atoms with E-state index in [2.05, 4.69) is 26.5 Å². The predicted octanol–water partition coefficient (Wildman–Crippen LogP) is 2.61. The maximum Gasteiger partial charge on any atom is 0.0355 e. The Hall–Kier alpha value is -1.24. The number of rotatable bonds is 2. The Bertz CT molecular complexity index is 277. The largest absolute Gasteiger partial charge is 0.398 e. The molecule has 1 nitrogen and oxygen atoms in total. The Morgan fingerprint density at radius 1 is 1.42 bits per heavy atom. The van der Waals surface area contributed by atoms with Crippen molar-refractivity contribution in [2.45, 2.75) is 20.3 Å². The molecule has 1 aromatic rings. The van der Waals surface area contributed by atoms with E-state index < -0.39 is 0 Å². The van der Waals surface area contributed by atoms with Crippen LogP contribution in [0.5, 0.6) is 0 Å². The summed E-state index contributed by atoms with van der Waals surface area (Å²) in [6, 6.07) is 4.15. The van der Waals surface area contributed by atoms with Crippen LogP contribution in [0.25, 0.3) is 0 Å². The van der Waals surface area contributed by atoms with E-state index in [0.717, 1.165) is 12.1 Å². The summed E-state index contributed by atoms with van der Waals surface area (Å²) in [4.78, 5) is 0. The van der Waals surface area contributed by atoms with E-state index >= 15 is 0 Å². The maximum atomic E-state index is 5.86. The predicted molar refractivity (Wildman–Crippen MR) is 54.2 cm³/mol. The molecular weight excluding hydrogens is 146 g/mol. The zero-order chi connectivity index (χ0) is 9.14. The van der Waals surface area contributed by atoms with E-state index in [4.69, 9.17) is 5.73 Å². The van der Waals surface area contributed by atoms with Crippen molar-refractivity contribution >= 4 is 5.69 Å². The summed E-state index contributed by atoms with van der Waals surface area (Å²) in [5, 5.41) is 0. The third-order valence-electron chi connectivity index (χ3n) is 2.00. The third-order valence-corrected chi connectivity index (χ3v) is 2.00. The second-order valence-corrected chi connectivity index (χ2v) is 3.14. The minimum Gasteiger partial charge on any atom is -0.398 e. The molecule has 0 aliphatic carbocycles. The molecule has 1 rings (SSSR count). The van der Waals surface area contributed by atoms with E-state index in [9.17, 15) is 0 Å². The van der Waals surface area contributed by atoms with Crippen molar-refractivity contribution in [3.63, 3.8) is 0 Å². The fraction of sp³-hybridized carbons (Fsp3) is 0.273. The Kier molecular flexibility index (Phi) is 2.54. The van der Waals surface area contributed by atoms with Gasteiger partial charge in [0.25, 0.3) is 0 Å². The van der Waals surface area contributed by atoms with Crippen molar-refractivity contribution in [1.29, 1.82) is 0 Å². The summed E-state index contributed by atoms with van der Waals surface area (Å²) < 4.78 is 0. The molecule has 0 unspecified atom stereocenters. The van der Waals surface area contributed by atoms with Gasteiger partial charge in [-0.25, -0.2) is 0 Å². The lowest BCUT2D eigenvalue weighted by molar-refractivity contribution is 1.21. The molecule has 0 fully saturated rings. The van der Waals surface area contributed by atoms with Crippen molar-refractivity contribution in [2.75, 3.05) is 5.73 Å². The van der Waals surface area contributed by atoms with Crippen molar-refractivity contribution < 1.29 is 0 Å². The number of allylic oxidation sites excluding steroid dienone is 1. The highest BCUT2D eigenvalue weighted by molar-refractivity contribution is 5.53. The van der Waals surface area contributed by atoms with Gasteiger partial charge in [0.15, 0.2) is 0 Å². The topological polar surface area (TPSA) is 26.0 Å². The molecule has 0 heterocycles. The minimum atomic E-state index is 0.859. The lowest BCUT2D eigenvalue weighted by Crippen LogP contribution is -1.97. The van der Waals surface area contributed by atoms with Gasteiger partial charge in [-0.3, -0.25) is 0 Å². The van der Waals surface area contributed by atoms with E-state index in [0.29, 0.717) is 0 Å². The van der Waals surface area contributed by atoms with Crippen LogP contribution in [-0.2, 0) is 6.42 Å². The van der Waals surface area contributed by atoms with Crippen LogP contribution < -0.4 is 5.73 Å². The molecule has 0 atom stereocenters. The van der Waals surface area contributed by atoms with Gasteiger partial charge < -0.3 is 5.73 Å². The van der Waals surface area contributed by atoms with Crippen molar-refractivity contribution in [3.8, 4) is 0 Å². The van der Waals surface area contributed by atoms with Crippen molar-refractivity contribution in [1.82, 2.24) is 0 Å². The minimum absolute atomic E-state index is 0.859. The van der Waals surface area contributed by atoms with E-state index in [1.54, 1.807) is 0 Å². The van der Waals surface area contributed by atoms with Gasteiger partial charge >= 0.3 is 0 Å². The zero-order valence-corrected chi connectivity index (χ0v) is 7.72. The SMILES string of the molecule is C=CCc1c(C)cc(C)cc1N. The van der Waals surface area contributed by atoms with Gasteiger partial charge in [0.2, 0.25) is 0 Å². The summed E-state index contributed by atoms with van der Waals surface area (Å²) >= 11 is 0. The summed E-state index contributed by atoms with van der Waals surface area (Å²) in [6.07, 6.45) is 2.74. The average Bonchev–Trinajstić information content (AvgIpc) is 1.96. The van der Waals surface area contributed by atoms with Crippen LogP contribution >= 0.6 is 0 Å². The summed E-state index contributed by atoms with van der Waals surface area (Å²) in [5.74, 6) is 0.